The molecule has 5 unspecified atom stereocenters. The summed E-state index contributed by atoms with van der Waals surface area (Å²) in [5.41, 5.74) is 4.60. The van der Waals surface area contributed by atoms with Gasteiger partial charge in [0, 0.05) is 24.4 Å². The Morgan fingerprint density at radius 3 is 2.67 bits per heavy atom. The Morgan fingerprint density at radius 1 is 1.44 bits per heavy atom. The molecule has 0 aromatic carbocycles. The molecule has 0 amide bonds. The highest BCUT2D eigenvalue weighted by atomic mass is 19.4. The van der Waals surface area contributed by atoms with Gasteiger partial charge in [0.05, 0.1) is 30.2 Å². The van der Waals surface area contributed by atoms with E-state index >= 15 is 0 Å². The summed E-state index contributed by atoms with van der Waals surface area (Å²) in [4.78, 5) is 12.9. The number of nitrogens with two attached hydrogens (primary N) is 1. The molecule has 2 N–H and O–H groups in total. The average molecular weight is 384 g/mol. The first-order chi connectivity index (χ1) is 12.5. The van der Waals surface area contributed by atoms with Gasteiger partial charge < -0.3 is 10.5 Å². The molecule has 2 fully saturated rings. The zero-order valence-corrected chi connectivity index (χ0v) is 15.5. The van der Waals surface area contributed by atoms with Crippen LogP contribution in [0.3, 0.4) is 0 Å². The van der Waals surface area contributed by atoms with E-state index in [0.717, 1.165) is 10.9 Å². The largest absolute Gasteiger partial charge is 0.433 e. The van der Waals surface area contributed by atoms with Crippen LogP contribution in [0.5, 0.6) is 0 Å². The van der Waals surface area contributed by atoms with Crippen LogP contribution in [0.2, 0.25) is 0 Å². The van der Waals surface area contributed by atoms with Crippen molar-refractivity contribution in [3.8, 4) is 6.07 Å². The quantitative estimate of drug-likeness (QED) is 0.846. The maximum atomic E-state index is 13.8. The number of Topliss-reactive ketones (excluding diaryl/α,β-unsaturated/α-hetero) is 1. The summed E-state index contributed by atoms with van der Waals surface area (Å²) in [6, 6.07) is 1.98. The number of halogens is 3. The standard InChI is InChI=1S/C18H23F3N4O2/c1-4-25-15(18(19,20)21)10(8-24-25)13-9(7-22)16(23)27-12-6-17(2,3)5-11(26)14(12)13/h8-9,12-14,16H,4-6,23H2,1-3H3. The lowest BCUT2D eigenvalue weighted by molar-refractivity contribution is -0.166. The summed E-state index contributed by atoms with van der Waals surface area (Å²) in [7, 11) is 0. The third-order valence-corrected chi connectivity index (χ3v) is 5.58. The highest BCUT2D eigenvalue weighted by Crippen LogP contribution is 2.51. The van der Waals surface area contributed by atoms with Crippen molar-refractivity contribution in [3.63, 3.8) is 0 Å². The van der Waals surface area contributed by atoms with Crippen LogP contribution < -0.4 is 5.73 Å². The molecule has 5 atom stereocenters. The van der Waals surface area contributed by atoms with Gasteiger partial charge in [-0.2, -0.15) is 23.5 Å². The van der Waals surface area contributed by atoms with E-state index in [-0.39, 0.29) is 29.7 Å². The Balaban J connectivity index is 2.15. The predicted octanol–water partition coefficient (Wildman–Crippen LogP) is 2.83. The van der Waals surface area contributed by atoms with Crippen LogP contribution >= 0.6 is 0 Å². The monoisotopic (exact) mass is 384 g/mol. The molecule has 9 heteroatoms. The second kappa shape index (κ2) is 6.60. The van der Waals surface area contributed by atoms with Crippen LogP contribution in [0.1, 0.15) is 50.8 Å². The summed E-state index contributed by atoms with van der Waals surface area (Å²) in [6.07, 6.45) is -4.48. The van der Waals surface area contributed by atoms with Gasteiger partial charge in [0.1, 0.15) is 17.7 Å². The average Bonchev–Trinajstić information content (AvgIpc) is 2.96. The van der Waals surface area contributed by atoms with Crippen molar-refractivity contribution < 1.29 is 22.7 Å². The molecule has 0 radical (unpaired) electrons. The Morgan fingerprint density at radius 2 is 2.11 bits per heavy atom. The third kappa shape index (κ3) is 3.36. The number of fused-ring (bicyclic) bond motifs is 1. The molecule has 2 heterocycles. The van der Waals surface area contributed by atoms with Gasteiger partial charge in [-0.25, -0.2) is 0 Å². The molecular weight excluding hydrogens is 361 g/mol. The van der Waals surface area contributed by atoms with Crippen LogP contribution in [-0.2, 0) is 22.3 Å². The molecule has 27 heavy (non-hydrogen) atoms. The molecule has 148 valence electrons. The van der Waals surface area contributed by atoms with E-state index in [4.69, 9.17) is 10.5 Å². The van der Waals surface area contributed by atoms with Crippen molar-refractivity contribution in [2.24, 2.45) is 23.0 Å². The van der Waals surface area contributed by atoms with E-state index in [1.54, 1.807) is 6.92 Å². The van der Waals surface area contributed by atoms with Crippen LogP contribution in [-0.4, -0.2) is 27.9 Å². The lowest BCUT2D eigenvalue weighted by Crippen LogP contribution is -2.56. The van der Waals surface area contributed by atoms with Crippen molar-refractivity contribution in [2.75, 3.05) is 0 Å². The molecule has 1 aliphatic carbocycles. The van der Waals surface area contributed by atoms with Crippen LogP contribution in [0.15, 0.2) is 6.20 Å². The normalized spacial score (nSPS) is 33.4. The van der Waals surface area contributed by atoms with Gasteiger partial charge in [0.2, 0.25) is 0 Å². The highest BCUT2D eigenvalue weighted by molar-refractivity contribution is 5.84. The topological polar surface area (TPSA) is 93.9 Å². The zero-order chi connectivity index (χ0) is 20.1. The van der Waals surface area contributed by atoms with E-state index in [1.807, 2.05) is 19.9 Å². The maximum Gasteiger partial charge on any atom is 0.433 e. The number of carbonyl (C=O) groups excluding carboxylic acids is 1. The van der Waals surface area contributed by atoms with Crippen molar-refractivity contribution in [3.05, 3.63) is 17.5 Å². The summed E-state index contributed by atoms with van der Waals surface area (Å²) < 4.78 is 47.9. The minimum atomic E-state index is -4.66. The number of aromatic nitrogens is 2. The third-order valence-electron chi connectivity index (χ3n) is 5.58. The van der Waals surface area contributed by atoms with Gasteiger partial charge in [-0.3, -0.25) is 9.48 Å². The van der Waals surface area contributed by atoms with E-state index < -0.39 is 42.0 Å². The smallest absolute Gasteiger partial charge is 0.358 e. The van der Waals surface area contributed by atoms with Gasteiger partial charge in [-0.05, 0) is 18.8 Å². The molecule has 1 saturated carbocycles. The number of ether oxygens (including phenoxy) is 1. The minimum Gasteiger partial charge on any atom is -0.358 e. The van der Waals surface area contributed by atoms with E-state index in [1.165, 1.54) is 0 Å². The molecular formula is C18H23F3N4O2. The second-order valence-electron chi connectivity index (χ2n) is 8.12. The summed E-state index contributed by atoms with van der Waals surface area (Å²) >= 11 is 0. The molecule has 1 aliphatic heterocycles. The Kier molecular flexibility index (Phi) is 4.85. The second-order valence-corrected chi connectivity index (χ2v) is 8.12. The molecule has 1 saturated heterocycles. The maximum absolute atomic E-state index is 13.8. The van der Waals surface area contributed by atoms with Gasteiger partial charge in [0.25, 0.3) is 0 Å². The van der Waals surface area contributed by atoms with Crippen LogP contribution in [0, 0.1) is 28.6 Å². The van der Waals surface area contributed by atoms with E-state index in [9.17, 15) is 23.2 Å². The summed E-state index contributed by atoms with van der Waals surface area (Å²) in [6.45, 7) is 5.41. The molecule has 3 rings (SSSR count). The fraction of sp³-hybridized carbons (Fsp3) is 0.722. The van der Waals surface area contributed by atoms with Crippen molar-refractivity contribution >= 4 is 5.78 Å². The van der Waals surface area contributed by atoms with E-state index in [2.05, 4.69) is 5.10 Å². The van der Waals surface area contributed by atoms with Crippen molar-refractivity contribution in [1.29, 1.82) is 5.26 Å². The predicted molar refractivity (Wildman–Crippen MR) is 89.1 cm³/mol. The number of carbonyl (C=O) groups is 1. The van der Waals surface area contributed by atoms with Crippen molar-refractivity contribution in [1.82, 2.24) is 9.78 Å². The molecule has 0 bridgehead atoms. The van der Waals surface area contributed by atoms with Gasteiger partial charge in [-0.1, -0.05) is 13.8 Å². The van der Waals surface area contributed by atoms with Gasteiger partial charge in [-0.15, -0.1) is 0 Å². The number of nitriles is 1. The lowest BCUT2D eigenvalue weighted by atomic mass is 9.61. The number of ketones is 1. The number of rotatable bonds is 2. The first-order valence-electron chi connectivity index (χ1n) is 8.96. The fourth-order valence-corrected chi connectivity index (χ4v) is 4.55. The summed E-state index contributed by atoms with van der Waals surface area (Å²) in [5.74, 6) is -3.08. The molecule has 1 aromatic heterocycles. The summed E-state index contributed by atoms with van der Waals surface area (Å²) in [5, 5.41) is 13.5. The molecule has 6 nitrogen and oxygen atoms in total. The van der Waals surface area contributed by atoms with Gasteiger partial charge >= 0.3 is 6.18 Å². The zero-order valence-electron chi connectivity index (χ0n) is 15.5. The lowest BCUT2D eigenvalue weighted by Gasteiger charge is -2.49. The number of aryl methyl sites for hydroxylation is 1. The minimum absolute atomic E-state index is 0.0242. The van der Waals surface area contributed by atoms with Gasteiger partial charge in [0.15, 0.2) is 0 Å². The first-order valence-corrected chi connectivity index (χ1v) is 8.96. The Labute approximate surface area is 155 Å². The SMILES string of the molecule is CCn1ncc(C2C(C#N)C(N)OC3CC(C)(C)CC(=O)C32)c1C(F)(F)F. The molecule has 2 aliphatic rings. The number of hydrogen-bond donors (Lipinski definition) is 1. The van der Waals surface area contributed by atoms with Crippen LogP contribution in [0.25, 0.3) is 0 Å². The molecule has 0 spiro atoms. The van der Waals surface area contributed by atoms with E-state index in [0.29, 0.717) is 6.42 Å². The highest BCUT2D eigenvalue weighted by Gasteiger charge is 2.55. The van der Waals surface area contributed by atoms with Crippen molar-refractivity contribution in [2.45, 2.75) is 64.6 Å². The number of nitrogens with zero attached hydrogens (tertiary/aromatic N) is 3. The molecule has 1 aromatic rings. The Hall–Kier alpha value is -1.92. The fourth-order valence-electron chi connectivity index (χ4n) is 4.55. The first kappa shape index (κ1) is 19.8. The number of hydrogen-bond acceptors (Lipinski definition) is 5. The van der Waals surface area contributed by atoms with Crippen LogP contribution in [0.4, 0.5) is 13.2 Å². The number of alkyl halides is 3. The Bertz CT molecular complexity index is 781.